The molecule has 2 aromatic rings. The summed E-state index contributed by atoms with van der Waals surface area (Å²) in [5, 5.41) is 2.44. The molecule has 0 unspecified atom stereocenters. The highest BCUT2D eigenvalue weighted by Crippen LogP contribution is 2.18. The number of hydrogen-bond donors (Lipinski definition) is 0. The first-order chi connectivity index (χ1) is 9.10. The Kier molecular flexibility index (Phi) is 4.20. The lowest BCUT2D eigenvalue weighted by atomic mass is 10.0. The maximum Gasteiger partial charge on any atom is 0.226 e. The van der Waals surface area contributed by atoms with Crippen LogP contribution in [-0.4, -0.2) is 24.4 Å². The summed E-state index contributed by atoms with van der Waals surface area (Å²) in [7, 11) is 1.87. The number of fused-ring (bicyclic) bond motifs is 1. The van der Waals surface area contributed by atoms with Crippen LogP contribution in [0.25, 0.3) is 10.8 Å². The molecule has 2 aromatic carbocycles. The molecule has 2 heteroatoms. The molecule has 2 rings (SSSR count). The number of hydrogen-bond acceptors (Lipinski definition) is 1. The highest BCUT2D eigenvalue weighted by atomic mass is 16.2. The Hall–Kier alpha value is -1.83. The van der Waals surface area contributed by atoms with E-state index in [4.69, 9.17) is 0 Å². The van der Waals surface area contributed by atoms with Crippen molar-refractivity contribution in [2.75, 3.05) is 13.6 Å². The van der Waals surface area contributed by atoms with E-state index in [0.717, 1.165) is 18.5 Å². The van der Waals surface area contributed by atoms with Gasteiger partial charge in [0.1, 0.15) is 0 Å². The molecule has 0 atom stereocenters. The first-order valence-electron chi connectivity index (χ1n) is 6.83. The number of rotatable bonds is 4. The van der Waals surface area contributed by atoms with Crippen LogP contribution in [0.2, 0.25) is 0 Å². The minimum absolute atomic E-state index is 0.188. The fraction of sp³-hybridized carbons (Fsp3) is 0.353. The zero-order valence-electron chi connectivity index (χ0n) is 11.9. The average molecular weight is 255 g/mol. The molecule has 0 saturated carbocycles. The molecule has 0 N–H and O–H groups in total. The highest BCUT2D eigenvalue weighted by molar-refractivity contribution is 5.86. The van der Waals surface area contributed by atoms with Crippen LogP contribution in [-0.2, 0) is 11.2 Å². The Morgan fingerprint density at radius 3 is 2.53 bits per heavy atom. The van der Waals surface area contributed by atoms with E-state index < -0.39 is 0 Å². The average Bonchev–Trinajstić information content (AvgIpc) is 2.39. The van der Waals surface area contributed by atoms with Gasteiger partial charge in [-0.3, -0.25) is 4.79 Å². The number of benzene rings is 2. The van der Waals surface area contributed by atoms with Crippen LogP contribution in [0, 0.1) is 6.92 Å². The third-order valence-electron chi connectivity index (χ3n) is 3.40. The summed E-state index contributed by atoms with van der Waals surface area (Å²) in [6, 6.07) is 12.7. The molecule has 0 aliphatic carbocycles. The van der Waals surface area contributed by atoms with Gasteiger partial charge in [-0.25, -0.2) is 0 Å². The summed E-state index contributed by atoms with van der Waals surface area (Å²) < 4.78 is 0. The molecule has 2 nitrogen and oxygen atoms in total. The monoisotopic (exact) mass is 255 g/mol. The molecule has 0 saturated heterocycles. The Labute approximate surface area is 115 Å². The van der Waals surface area contributed by atoms with Gasteiger partial charge in [-0.2, -0.15) is 0 Å². The number of aryl methyl sites for hydroxylation is 1. The van der Waals surface area contributed by atoms with Gasteiger partial charge < -0.3 is 4.90 Å². The first-order valence-corrected chi connectivity index (χ1v) is 6.83. The fourth-order valence-corrected chi connectivity index (χ4v) is 2.29. The van der Waals surface area contributed by atoms with Gasteiger partial charge >= 0.3 is 0 Å². The van der Waals surface area contributed by atoms with E-state index in [1.165, 1.54) is 16.3 Å². The Morgan fingerprint density at radius 2 is 1.79 bits per heavy atom. The zero-order valence-corrected chi connectivity index (χ0v) is 11.9. The van der Waals surface area contributed by atoms with E-state index in [1.807, 2.05) is 7.05 Å². The maximum atomic E-state index is 12.0. The van der Waals surface area contributed by atoms with E-state index in [1.54, 1.807) is 4.90 Å². The van der Waals surface area contributed by atoms with E-state index in [2.05, 4.69) is 50.2 Å². The van der Waals surface area contributed by atoms with Crippen molar-refractivity contribution in [3.05, 3.63) is 47.5 Å². The minimum Gasteiger partial charge on any atom is -0.345 e. The zero-order chi connectivity index (χ0) is 13.8. The molecule has 19 heavy (non-hydrogen) atoms. The second kappa shape index (κ2) is 5.87. The second-order valence-corrected chi connectivity index (χ2v) is 5.18. The van der Waals surface area contributed by atoms with Gasteiger partial charge in [0.2, 0.25) is 5.91 Å². The predicted octanol–water partition coefficient (Wildman–Crippen LogP) is 3.56. The van der Waals surface area contributed by atoms with Gasteiger partial charge in [0, 0.05) is 13.6 Å². The molecular formula is C17H21NO. The summed E-state index contributed by atoms with van der Waals surface area (Å²) in [4.78, 5) is 13.8. The van der Waals surface area contributed by atoms with Crippen LogP contribution in [0.1, 0.15) is 24.5 Å². The van der Waals surface area contributed by atoms with Crippen LogP contribution >= 0.6 is 0 Å². The summed E-state index contributed by atoms with van der Waals surface area (Å²) in [6.07, 6.45) is 1.49. The van der Waals surface area contributed by atoms with Crippen molar-refractivity contribution in [3.8, 4) is 0 Å². The number of carbonyl (C=O) groups excluding carboxylic acids is 1. The molecule has 0 aromatic heterocycles. The molecular weight excluding hydrogens is 234 g/mol. The molecule has 0 fully saturated rings. The van der Waals surface area contributed by atoms with Crippen molar-refractivity contribution in [2.24, 2.45) is 0 Å². The fourth-order valence-electron chi connectivity index (χ4n) is 2.29. The number of nitrogens with zero attached hydrogens (tertiary/aromatic N) is 1. The molecule has 100 valence electrons. The standard InChI is InChI=1S/C17H21NO/c1-4-9-18(3)17(19)12-14-6-8-15-10-13(2)5-7-16(15)11-14/h5-8,10-11H,4,9,12H2,1-3H3. The maximum absolute atomic E-state index is 12.0. The SMILES string of the molecule is CCCN(C)C(=O)Cc1ccc2cc(C)ccc2c1. The van der Waals surface area contributed by atoms with Crippen LogP contribution in [0.15, 0.2) is 36.4 Å². The van der Waals surface area contributed by atoms with Crippen molar-refractivity contribution >= 4 is 16.7 Å². The molecule has 0 aliphatic heterocycles. The van der Waals surface area contributed by atoms with Gasteiger partial charge in [0.05, 0.1) is 6.42 Å². The van der Waals surface area contributed by atoms with Crippen molar-refractivity contribution in [3.63, 3.8) is 0 Å². The van der Waals surface area contributed by atoms with E-state index in [0.29, 0.717) is 6.42 Å². The van der Waals surface area contributed by atoms with Crippen molar-refractivity contribution in [2.45, 2.75) is 26.7 Å². The third-order valence-corrected chi connectivity index (χ3v) is 3.40. The summed E-state index contributed by atoms with van der Waals surface area (Å²) in [6.45, 7) is 5.00. The largest absolute Gasteiger partial charge is 0.345 e. The lowest BCUT2D eigenvalue weighted by Gasteiger charge is -2.16. The molecule has 0 radical (unpaired) electrons. The Morgan fingerprint density at radius 1 is 1.11 bits per heavy atom. The number of carbonyl (C=O) groups is 1. The van der Waals surface area contributed by atoms with Crippen molar-refractivity contribution in [1.82, 2.24) is 4.90 Å². The molecule has 1 amide bonds. The Bertz CT molecular complexity index is 589. The van der Waals surface area contributed by atoms with Crippen LogP contribution < -0.4 is 0 Å². The predicted molar refractivity (Wildman–Crippen MR) is 80.3 cm³/mol. The Balaban J connectivity index is 2.17. The molecule has 0 bridgehead atoms. The van der Waals surface area contributed by atoms with Gasteiger partial charge in [-0.05, 0) is 29.7 Å². The van der Waals surface area contributed by atoms with Crippen LogP contribution in [0.5, 0.6) is 0 Å². The highest BCUT2D eigenvalue weighted by Gasteiger charge is 2.08. The molecule has 0 heterocycles. The van der Waals surface area contributed by atoms with E-state index in [9.17, 15) is 4.79 Å². The quantitative estimate of drug-likeness (QED) is 0.818. The van der Waals surface area contributed by atoms with Gasteiger partial charge in [-0.15, -0.1) is 0 Å². The normalized spacial score (nSPS) is 10.7. The van der Waals surface area contributed by atoms with Crippen LogP contribution in [0.4, 0.5) is 0 Å². The first kappa shape index (κ1) is 13.6. The van der Waals surface area contributed by atoms with Crippen LogP contribution in [0.3, 0.4) is 0 Å². The smallest absolute Gasteiger partial charge is 0.226 e. The molecule has 0 spiro atoms. The van der Waals surface area contributed by atoms with E-state index in [-0.39, 0.29) is 5.91 Å². The van der Waals surface area contributed by atoms with Gasteiger partial charge in [0.25, 0.3) is 0 Å². The van der Waals surface area contributed by atoms with Gasteiger partial charge in [0.15, 0.2) is 0 Å². The summed E-state index contributed by atoms with van der Waals surface area (Å²) in [5.41, 5.74) is 2.35. The number of likely N-dealkylation sites (N-methyl/N-ethyl adjacent to an activating group) is 1. The third kappa shape index (κ3) is 3.34. The summed E-state index contributed by atoms with van der Waals surface area (Å²) >= 11 is 0. The van der Waals surface area contributed by atoms with E-state index >= 15 is 0 Å². The number of amides is 1. The van der Waals surface area contributed by atoms with Gasteiger partial charge in [-0.1, -0.05) is 48.9 Å². The second-order valence-electron chi connectivity index (χ2n) is 5.18. The van der Waals surface area contributed by atoms with Crippen molar-refractivity contribution < 1.29 is 4.79 Å². The van der Waals surface area contributed by atoms with Crippen molar-refractivity contribution in [1.29, 1.82) is 0 Å². The lowest BCUT2D eigenvalue weighted by Crippen LogP contribution is -2.28. The topological polar surface area (TPSA) is 20.3 Å². The molecule has 0 aliphatic rings. The summed E-state index contributed by atoms with van der Waals surface area (Å²) in [5.74, 6) is 0.188. The minimum atomic E-state index is 0.188. The lowest BCUT2D eigenvalue weighted by molar-refractivity contribution is -0.129.